The molecule has 0 aliphatic heterocycles. The van der Waals surface area contributed by atoms with E-state index < -0.39 is 0 Å². The summed E-state index contributed by atoms with van der Waals surface area (Å²) in [7, 11) is 0. The summed E-state index contributed by atoms with van der Waals surface area (Å²) in [4.78, 5) is 6.97. The van der Waals surface area contributed by atoms with Gasteiger partial charge in [0.15, 0.2) is 0 Å². The molecule has 0 heterocycles. The fraction of sp³-hybridized carbons (Fsp3) is 0. The molecule has 9 rings (SSSR count). The number of hydrogen-bond acceptors (Lipinski definition) is 3. The summed E-state index contributed by atoms with van der Waals surface area (Å²) in [6, 6.07) is 79.9. The second-order valence-corrected chi connectivity index (χ2v) is 13.1. The second-order valence-electron chi connectivity index (χ2n) is 13.1. The van der Waals surface area contributed by atoms with Crippen LogP contribution in [0.5, 0.6) is 0 Å². The molecule has 0 atom stereocenters. The topological polar surface area (TPSA) is 9.72 Å². The van der Waals surface area contributed by atoms with Crippen molar-refractivity contribution in [2.45, 2.75) is 0 Å². The summed E-state index contributed by atoms with van der Waals surface area (Å²) in [5.41, 5.74) is 10.1. The van der Waals surface area contributed by atoms with Crippen molar-refractivity contribution in [1.82, 2.24) is 0 Å². The first-order valence-electron chi connectivity index (χ1n) is 18.0. The third-order valence-electron chi connectivity index (χ3n) is 9.72. The van der Waals surface area contributed by atoms with Crippen LogP contribution < -0.4 is 14.7 Å². The molecule has 3 heteroatoms. The molecule has 53 heavy (non-hydrogen) atoms. The van der Waals surface area contributed by atoms with E-state index in [2.05, 4.69) is 239 Å². The number of rotatable bonds is 9. The summed E-state index contributed by atoms with van der Waals surface area (Å²) in [6.07, 6.45) is 0. The highest BCUT2D eigenvalue weighted by molar-refractivity contribution is 5.96. The molecule has 9 aromatic rings. The van der Waals surface area contributed by atoms with Crippen molar-refractivity contribution in [2.75, 3.05) is 14.7 Å². The fourth-order valence-electron chi connectivity index (χ4n) is 7.22. The average molecular weight is 680 g/mol. The second kappa shape index (κ2) is 14.3. The van der Waals surface area contributed by atoms with E-state index in [4.69, 9.17) is 0 Å². The molecule has 0 saturated heterocycles. The highest BCUT2D eigenvalue weighted by Gasteiger charge is 2.17. The van der Waals surface area contributed by atoms with Gasteiger partial charge in [0.05, 0.1) is 0 Å². The van der Waals surface area contributed by atoms with E-state index in [9.17, 15) is 0 Å². The zero-order valence-electron chi connectivity index (χ0n) is 29.2. The van der Waals surface area contributed by atoms with E-state index in [-0.39, 0.29) is 0 Å². The Bertz CT molecular complexity index is 2360. The fourth-order valence-corrected chi connectivity index (χ4v) is 7.22. The predicted molar refractivity (Wildman–Crippen MR) is 226 cm³/mol. The van der Waals surface area contributed by atoms with Gasteiger partial charge < -0.3 is 14.7 Å². The Morgan fingerprint density at radius 1 is 0.170 bits per heavy atom. The third-order valence-corrected chi connectivity index (χ3v) is 9.72. The van der Waals surface area contributed by atoms with Crippen LogP contribution in [0.4, 0.5) is 51.2 Å². The molecule has 9 aromatic carbocycles. The van der Waals surface area contributed by atoms with E-state index in [1.807, 2.05) is 0 Å². The zero-order chi connectivity index (χ0) is 35.4. The minimum atomic E-state index is 1.11. The van der Waals surface area contributed by atoms with Crippen LogP contribution in [-0.4, -0.2) is 0 Å². The van der Waals surface area contributed by atoms with Crippen LogP contribution in [0, 0.1) is 0 Å². The Kier molecular flexibility index (Phi) is 8.57. The molecule has 0 aliphatic carbocycles. The summed E-state index contributed by atoms with van der Waals surface area (Å²) < 4.78 is 0. The van der Waals surface area contributed by atoms with Crippen molar-refractivity contribution in [3.8, 4) is 0 Å². The molecule has 252 valence electrons. The van der Waals surface area contributed by atoms with Crippen molar-refractivity contribution < 1.29 is 0 Å². The predicted octanol–water partition coefficient (Wildman–Crippen LogP) is 14.4. The lowest BCUT2D eigenvalue weighted by molar-refractivity contribution is 1.28. The van der Waals surface area contributed by atoms with E-state index in [1.54, 1.807) is 0 Å². The number of fused-ring (bicyclic) bond motifs is 2. The van der Waals surface area contributed by atoms with Crippen LogP contribution >= 0.6 is 0 Å². The van der Waals surface area contributed by atoms with Crippen LogP contribution in [0.25, 0.3) is 21.5 Å². The summed E-state index contributed by atoms with van der Waals surface area (Å²) in [5.74, 6) is 0. The van der Waals surface area contributed by atoms with Gasteiger partial charge >= 0.3 is 0 Å². The molecule has 0 aromatic heterocycles. The van der Waals surface area contributed by atoms with Gasteiger partial charge in [-0.05, 0) is 131 Å². The minimum absolute atomic E-state index is 1.11. The van der Waals surface area contributed by atoms with E-state index >= 15 is 0 Å². The van der Waals surface area contributed by atoms with Crippen molar-refractivity contribution in [1.29, 1.82) is 0 Å². The Labute approximate surface area is 310 Å². The van der Waals surface area contributed by atoms with Gasteiger partial charge in [0, 0.05) is 51.2 Å². The molecule has 0 fully saturated rings. The highest BCUT2D eigenvalue weighted by atomic mass is 15.2. The Balaban J connectivity index is 1.10. The van der Waals surface area contributed by atoms with Crippen LogP contribution in [-0.2, 0) is 0 Å². The summed E-state index contributed by atoms with van der Waals surface area (Å²) in [6.45, 7) is 0. The van der Waals surface area contributed by atoms with Gasteiger partial charge in [0.1, 0.15) is 0 Å². The Morgan fingerprint density at radius 3 is 0.566 bits per heavy atom. The van der Waals surface area contributed by atoms with Gasteiger partial charge in [-0.15, -0.1) is 0 Å². The molecular formula is C50H37N3. The van der Waals surface area contributed by atoms with Gasteiger partial charge in [-0.1, -0.05) is 115 Å². The molecule has 0 amide bonds. The molecule has 0 spiro atoms. The highest BCUT2D eigenvalue weighted by Crippen LogP contribution is 2.41. The van der Waals surface area contributed by atoms with Crippen LogP contribution in [0.2, 0.25) is 0 Å². The van der Waals surface area contributed by atoms with Gasteiger partial charge in [-0.3, -0.25) is 0 Å². The lowest BCUT2D eigenvalue weighted by atomic mass is 10.0. The van der Waals surface area contributed by atoms with E-state index in [1.165, 1.54) is 21.5 Å². The molecule has 0 saturated carbocycles. The molecule has 0 radical (unpaired) electrons. The average Bonchev–Trinajstić information content (AvgIpc) is 3.23. The molecule has 0 aliphatic rings. The monoisotopic (exact) mass is 679 g/mol. The normalized spacial score (nSPS) is 11.0. The smallest absolute Gasteiger partial charge is 0.0468 e. The number of para-hydroxylation sites is 5. The lowest BCUT2D eigenvalue weighted by Gasteiger charge is -2.28. The van der Waals surface area contributed by atoms with Gasteiger partial charge in [0.2, 0.25) is 0 Å². The lowest BCUT2D eigenvalue weighted by Crippen LogP contribution is -2.11. The van der Waals surface area contributed by atoms with Crippen LogP contribution in [0.3, 0.4) is 0 Å². The first kappa shape index (κ1) is 31.9. The number of hydrogen-bond donors (Lipinski definition) is 0. The molecule has 3 nitrogen and oxygen atoms in total. The number of anilines is 9. The molecular weight excluding hydrogens is 643 g/mol. The van der Waals surface area contributed by atoms with Gasteiger partial charge in [0.25, 0.3) is 0 Å². The standard InChI is InChI=1S/C50H37N3/c1-6-16-42(17-7-1)51(43-18-8-2-9-19-43)47-30-26-40-36-49(32-28-38(40)34-47)53(46-24-14-5-15-25-46)50-33-29-39-35-48(31-27-41(39)37-50)52(44-20-10-3-11-21-44)45-22-12-4-13-23-45/h1-37H. The van der Waals surface area contributed by atoms with Crippen molar-refractivity contribution in [2.24, 2.45) is 0 Å². The Hall–Kier alpha value is -7.10. The van der Waals surface area contributed by atoms with Crippen LogP contribution in [0.15, 0.2) is 224 Å². The molecule has 0 bridgehead atoms. The SMILES string of the molecule is c1ccc(N(c2ccccc2)c2ccc3cc(N(c4ccccc4)c4ccc5cc(N(c6ccccc6)c6ccccc6)ccc5c4)ccc3c2)cc1. The number of benzene rings is 9. The maximum absolute atomic E-state index is 2.35. The van der Waals surface area contributed by atoms with Gasteiger partial charge in [-0.25, -0.2) is 0 Å². The summed E-state index contributed by atoms with van der Waals surface area (Å²) in [5, 5.41) is 4.73. The first-order chi connectivity index (χ1) is 26.3. The number of nitrogens with zero attached hydrogens (tertiary/aromatic N) is 3. The maximum Gasteiger partial charge on any atom is 0.0468 e. The van der Waals surface area contributed by atoms with Crippen molar-refractivity contribution >= 4 is 72.7 Å². The summed E-state index contributed by atoms with van der Waals surface area (Å²) >= 11 is 0. The van der Waals surface area contributed by atoms with E-state index in [0.29, 0.717) is 0 Å². The molecule has 0 unspecified atom stereocenters. The van der Waals surface area contributed by atoms with Crippen molar-refractivity contribution in [3.63, 3.8) is 0 Å². The largest absolute Gasteiger partial charge is 0.310 e. The maximum atomic E-state index is 2.35. The quantitative estimate of drug-likeness (QED) is 0.150. The van der Waals surface area contributed by atoms with Gasteiger partial charge in [-0.2, -0.15) is 0 Å². The van der Waals surface area contributed by atoms with Crippen LogP contribution in [0.1, 0.15) is 0 Å². The minimum Gasteiger partial charge on any atom is -0.310 e. The van der Waals surface area contributed by atoms with E-state index in [0.717, 1.165) is 51.2 Å². The third kappa shape index (κ3) is 6.48. The zero-order valence-corrected chi connectivity index (χ0v) is 29.2. The Morgan fingerprint density at radius 2 is 0.358 bits per heavy atom. The van der Waals surface area contributed by atoms with Crippen molar-refractivity contribution in [3.05, 3.63) is 224 Å². The first-order valence-corrected chi connectivity index (χ1v) is 18.0. The molecule has 0 N–H and O–H groups in total.